The number of aromatic nitrogens is 1. The molecule has 3 rings (SSSR count). The van der Waals surface area contributed by atoms with Crippen molar-refractivity contribution in [1.82, 2.24) is 4.98 Å². The van der Waals surface area contributed by atoms with Crippen molar-refractivity contribution < 1.29 is 22.9 Å². The molecule has 0 saturated carbocycles. The Morgan fingerprint density at radius 3 is 2.82 bits per heavy atom. The van der Waals surface area contributed by atoms with Crippen LogP contribution in [0.1, 0.15) is 31.7 Å². The number of hydrogen-bond donors (Lipinski definition) is 0. The van der Waals surface area contributed by atoms with Crippen LogP contribution >= 0.6 is 11.3 Å². The lowest BCUT2D eigenvalue weighted by Crippen LogP contribution is -2.27. The Balaban J connectivity index is 2.15. The molecular weight excluding hydrogens is 401 g/mol. The average Bonchev–Trinajstić information content (AvgIpc) is 3.08. The first kappa shape index (κ1) is 20.0. The van der Waals surface area contributed by atoms with Gasteiger partial charge in [-0.2, -0.15) is 18.2 Å². The Morgan fingerprint density at radius 2 is 2.18 bits per heavy atom. The van der Waals surface area contributed by atoms with Crippen LogP contribution in [0.3, 0.4) is 0 Å². The van der Waals surface area contributed by atoms with E-state index in [0.717, 1.165) is 17.8 Å². The molecule has 0 unspecified atom stereocenters. The van der Waals surface area contributed by atoms with E-state index in [1.165, 1.54) is 0 Å². The predicted molar refractivity (Wildman–Crippen MR) is 97.8 cm³/mol. The van der Waals surface area contributed by atoms with Gasteiger partial charge in [-0.3, -0.25) is 14.9 Å². The van der Waals surface area contributed by atoms with Gasteiger partial charge in [0, 0.05) is 19.0 Å². The topological polar surface area (TPSA) is 97.9 Å². The Bertz CT molecular complexity index is 1010. The van der Waals surface area contributed by atoms with E-state index in [2.05, 4.69) is 10.1 Å². The molecule has 8 nitrogen and oxygen atoms in total. The SMILES string of the molecule is CCCON=C1CCCN1c1nc(=O)c2cc(C(F)(F)F)cc([N+](=O)[O-])c2s1. The minimum atomic E-state index is -4.82. The average molecular weight is 416 g/mol. The zero-order chi connectivity index (χ0) is 20.5. The number of amidine groups is 1. The monoisotopic (exact) mass is 416 g/mol. The highest BCUT2D eigenvalue weighted by atomic mass is 32.1. The van der Waals surface area contributed by atoms with Crippen LogP contribution in [-0.4, -0.2) is 28.9 Å². The van der Waals surface area contributed by atoms with Gasteiger partial charge in [-0.05, 0) is 18.9 Å². The van der Waals surface area contributed by atoms with Gasteiger partial charge in [0.1, 0.15) is 11.3 Å². The molecule has 1 aliphatic heterocycles. The van der Waals surface area contributed by atoms with Crippen molar-refractivity contribution in [2.45, 2.75) is 32.4 Å². The van der Waals surface area contributed by atoms with Gasteiger partial charge in [0.05, 0.1) is 15.9 Å². The molecule has 2 aromatic rings. The second-order valence-electron chi connectivity index (χ2n) is 6.02. The number of nitro groups is 1. The number of nitrogens with zero attached hydrogens (tertiary/aromatic N) is 4. The fourth-order valence-corrected chi connectivity index (χ4v) is 3.84. The second kappa shape index (κ2) is 7.70. The highest BCUT2D eigenvalue weighted by Crippen LogP contribution is 2.38. The molecule has 0 radical (unpaired) electrons. The van der Waals surface area contributed by atoms with Crippen molar-refractivity contribution in [2.24, 2.45) is 5.16 Å². The van der Waals surface area contributed by atoms with Gasteiger partial charge in [0.25, 0.3) is 11.2 Å². The maximum absolute atomic E-state index is 13.0. The van der Waals surface area contributed by atoms with Crippen LogP contribution in [0.5, 0.6) is 0 Å². The molecule has 1 aliphatic rings. The third-order valence-electron chi connectivity index (χ3n) is 4.00. The number of oxime groups is 1. The van der Waals surface area contributed by atoms with Crippen LogP contribution in [0.15, 0.2) is 22.1 Å². The van der Waals surface area contributed by atoms with Gasteiger partial charge < -0.3 is 9.74 Å². The molecule has 0 spiro atoms. The van der Waals surface area contributed by atoms with Gasteiger partial charge in [0.2, 0.25) is 0 Å². The smallest absolute Gasteiger partial charge is 0.394 e. The quantitative estimate of drug-likeness (QED) is 0.416. The van der Waals surface area contributed by atoms with Crippen LogP contribution < -0.4 is 10.5 Å². The Labute approximate surface area is 160 Å². The molecule has 28 heavy (non-hydrogen) atoms. The van der Waals surface area contributed by atoms with Crippen LogP contribution in [0.2, 0.25) is 0 Å². The van der Waals surface area contributed by atoms with Crippen molar-refractivity contribution in [1.29, 1.82) is 0 Å². The number of hydrogen-bond acceptors (Lipinski definition) is 7. The van der Waals surface area contributed by atoms with Gasteiger partial charge in [-0.1, -0.05) is 23.4 Å². The maximum atomic E-state index is 13.0. The van der Waals surface area contributed by atoms with E-state index < -0.39 is 33.3 Å². The standard InChI is InChI=1S/C16H15F3N4O4S/c1-2-6-27-21-12-4-3-5-22(12)15-20-14(24)10-7-9(16(17,18)19)8-11(23(25)26)13(10)28-15/h7-8H,2-6H2,1H3. The van der Waals surface area contributed by atoms with E-state index in [0.29, 0.717) is 44.0 Å². The number of rotatable bonds is 5. The Morgan fingerprint density at radius 1 is 1.43 bits per heavy atom. The summed E-state index contributed by atoms with van der Waals surface area (Å²) >= 11 is 0.785. The van der Waals surface area contributed by atoms with Crippen molar-refractivity contribution in [3.05, 3.63) is 38.2 Å². The van der Waals surface area contributed by atoms with Crippen molar-refractivity contribution in [2.75, 3.05) is 18.1 Å². The van der Waals surface area contributed by atoms with Gasteiger partial charge in [0.15, 0.2) is 11.0 Å². The maximum Gasteiger partial charge on any atom is 0.416 e. The first-order valence-electron chi connectivity index (χ1n) is 8.39. The van der Waals surface area contributed by atoms with E-state index in [1.54, 1.807) is 4.90 Å². The van der Waals surface area contributed by atoms with Crippen LogP contribution in [-0.2, 0) is 11.0 Å². The summed E-state index contributed by atoms with van der Waals surface area (Å²) in [5.41, 5.74) is -3.00. The minimum absolute atomic E-state index is 0.136. The summed E-state index contributed by atoms with van der Waals surface area (Å²) in [5, 5.41) is 15.1. The number of halogens is 3. The zero-order valence-corrected chi connectivity index (χ0v) is 15.5. The molecule has 0 aliphatic carbocycles. The molecule has 0 amide bonds. The number of nitro benzene ring substituents is 1. The van der Waals surface area contributed by atoms with E-state index >= 15 is 0 Å². The lowest BCUT2D eigenvalue weighted by molar-refractivity contribution is -0.383. The number of benzene rings is 1. The van der Waals surface area contributed by atoms with E-state index in [9.17, 15) is 28.1 Å². The summed E-state index contributed by atoms with van der Waals surface area (Å²) in [6.45, 7) is 2.79. The third-order valence-corrected chi connectivity index (χ3v) is 5.13. The summed E-state index contributed by atoms with van der Waals surface area (Å²) in [7, 11) is 0. The summed E-state index contributed by atoms with van der Waals surface area (Å²) < 4.78 is 38.9. The molecule has 0 N–H and O–H groups in total. The number of fused-ring (bicyclic) bond motifs is 1. The van der Waals surface area contributed by atoms with Crippen molar-refractivity contribution in [3.63, 3.8) is 0 Å². The fraction of sp³-hybridized carbons (Fsp3) is 0.438. The summed E-state index contributed by atoms with van der Waals surface area (Å²) in [5.74, 6) is 0.519. The first-order chi connectivity index (χ1) is 13.2. The van der Waals surface area contributed by atoms with E-state index in [-0.39, 0.29) is 9.83 Å². The van der Waals surface area contributed by atoms with Gasteiger partial charge >= 0.3 is 6.18 Å². The molecule has 2 heterocycles. The lowest BCUT2D eigenvalue weighted by Gasteiger charge is -2.16. The molecule has 1 saturated heterocycles. The number of non-ortho nitro benzene ring substituents is 1. The van der Waals surface area contributed by atoms with E-state index in [1.807, 2.05) is 6.92 Å². The van der Waals surface area contributed by atoms with Crippen LogP contribution in [0.25, 0.3) is 10.1 Å². The molecular formula is C16H15F3N4O4S. The third kappa shape index (κ3) is 3.91. The zero-order valence-electron chi connectivity index (χ0n) is 14.7. The van der Waals surface area contributed by atoms with Gasteiger partial charge in [-0.15, -0.1) is 0 Å². The highest BCUT2D eigenvalue weighted by molar-refractivity contribution is 7.22. The van der Waals surface area contributed by atoms with Gasteiger partial charge in [-0.25, -0.2) is 0 Å². The molecule has 1 aromatic heterocycles. The first-order valence-corrected chi connectivity index (χ1v) is 9.21. The summed E-state index contributed by atoms with van der Waals surface area (Å²) in [6.07, 6.45) is -2.78. The highest BCUT2D eigenvalue weighted by Gasteiger charge is 2.34. The number of alkyl halides is 3. The normalized spacial score (nSPS) is 16.1. The Hall–Kier alpha value is -2.76. The summed E-state index contributed by atoms with van der Waals surface area (Å²) in [6, 6.07) is 1.03. The molecule has 150 valence electrons. The second-order valence-corrected chi connectivity index (χ2v) is 7.00. The predicted octanol–water partition coefficient (Wildman–Crippen LogP) is 3.92. The summed E-state index contributed by atoms with van der Waals surface area (Å²) in [4.78, 5) is 33.4. The molecule has 1 aromatic carbocycles. The van der Waals surface area contributed by atoms with Crippen LogP contribution in [0.4, 0.5) is 24.0 Å². The molecule has 0 atom stereocenters. The van der Waals surface area contributed by atoms with Crippen molar-refractivity contribution >= 4 is 38.1 Å². The number of anilines is 1. The largest absolute Gasteiger partial charge is 0.416 e. The van der Waals surface area contributed by atoms with Crippen LogP contribution in [0, 0.1) is 10.1 Å². The fourth-order valence-electron chi connectivity index (χ4n) is 2.73. The van der Waals surface area contributed by atoms with E-state index in [4.69, 9.17) is 4.84 Å². The molecule has 12 heteroatoms. The minimum Gasteiger partial charge on any atom is -0.394 e. The molecule has 1 fully saturated rings. The lowest BCUT2D eigenvalue weighted by atomic mass is 10.1. The Kier molecular flexibility index (Phi) is 5.49. The molecule has 0 bridgehead atoms. The van der Waals surface area contributed by atoms with Crippen molar-refractivity contribution in [3.8, 4) is 0 Å².